The van der Waals surface area contributed by atoms with Gasteiger partial charge in [0.15, 0.2) is 5.82 Å². The number of aliphatic imine (C=N–C) groups is 1. The Morgan fingerprint density at radius 3 is 2.57 bits per heavy atom. The third-order valence-electron chi connectivity index (χ3n) is 5.23. The summed E-state index contributed by atoms with van der Waals surface area (Å²) in [5.41, 5.74) is 5.17. The van der Waals surface area contributed by atoms with Crippen LogP contribution in [0.15, 0.2) is 77.8 Å². The van der Waals surface area contributed by atoms with Crippen molar-refractivity contribution < 1.29 is 9.47 Å². The van der Waals surface area contributed by atoms with E-state index in [1.54, 1.807) is 7.11 Å². The minimum Gasteiger partial charge on any atom is -0.497 e. The first kappa shape index (κ1) is 18.2. The Morgan fingerprint density at radius 1 is 1.00 bits per heavy atom. The Labute approximate surface area is 175 Å². The molecule has 0 aliphatic carbocycles. The van der Waals surface area contributed by atoms with Gasteiger partial charge in [-0.2, -0.15) is 0 Å². The molecule has 0 saturated heterocycles. The summed E-state index contributed by atoms with van der Waals surface area (Å²) >= 11 is 0. The first-order valence-electron chi connectivity index (χ1n) is 9.85. The zero-order valence-electron chi connectivity index (χ0n) is 16.9. The van der Waals surface area contributed by atoms with Gasteiger partial charge in [-0.1, -0.05) is 36.4 Å². The number of ether oxygens (including phenoxy) is 2. The van der Waals surface area contributed by atoms with Crippen molar-refractivity contribution in [3.8, 4) is 23.1 Å². The van der Waals surface area contributed by atoms with Crippen molar-refractivity contribution in [3.63, 3.8) is 0 Å². The van der Waals surface area contributed by atoms with E-state index in [0.717, 1.165) is 51.7 Å². The number of aromatic nitrogens is 2. The molecule has 5 nitrogen and oxygen atoms in total. The van der Waals surface area contributed by atoms with Gasteiger partial charge in [0.2, 0.25) is 5.88 Å². The van der Waals surface area contributed by atoms with E-state index in [1.807, 2.05) is 65.5 Å². The fraction of sp³-hybridized carbons (Fsp3) is 0.120. The molecule has 30 heavy (non-hydrogen) atoms. The molecule has 5 rings (SSSR count). The summed E-state index contributed by atoms with van der Waals surface area (Å²) in [4.78, 5) is 4.83. The summed E-state index contributed by atoms with van der Waals surface area (Å²) in [6.45, 7) is 2.06. The van der Waals surface area contributed by atoms with Crippen molar-refractivity contribution in [3.05, 3.63) is 95.1 Å². The second kappa shape index (κ2) is 7.52. The molecular formula is C25H21N3O2. The number of fused-ring (bicyclic) bond motifs is 2. The van der Waals surface area contributed by atoms with Gasteiger partial charge in [-0.15, -0.1) is 5.10 Å². The topological polar surface area (TPSA) is 48.6 Å². The Morgan fingerprint density at radius 2 is 1.80 bits per heavy atom. The van der Waals surface area contributed by atoms with Gasteiger partial charge in [-0.05, 0) is 60.0 Å². The van der Waals surface area contributed by atoms with Crippen molar-refractivity contribution in [2.24, 2.45) is 4.99 Å². The van der Waals surface area contributed by atoms with E-state index in [4.69, 9.17) is 19.6 Å². The molecule has 0 saturated carbocycles. The van der Waals surface area contributed by atoms with Crippen LogP contribution in [0.1, 0.15) is 22.3 Å². The van der Waals surface area contributed by atoms with Gasteiger partial charge < -0.3 is 9.47 Å². The molecule has 0 unspecified atom stereocenters. The highest BCUT2D eigenvalue weighted by atomic mass is 16.5. The van der Waals surface area contributed by atoms with Crippen molar-refractivity contribution in [2.75, 3.05) is 7.11 Å². The summed E-state index contributed by atoms with van der Waals surface area (Å²) < 4.78 is 13.3. The van der Waals surface area contributed by atoms with Gasteiger partial charge in [0.1, 0.15) is 11.5 Å². The average Bonchev–Trinajstić information content (AvgIpc) is 3.15. The molecule has 5 heteroatoms. The van der Waals surface area contributed by atoms with Crippen LogP contribution in [-0.4, -0.2) is 23.1 Å². The van der Waals surface area contributed by atoms with Crippen molar-refractivity contribution in [1.29, 1.82) is 0 Å². The standard InChI is InChI=1S/C25H21N3O2/c1-17-7-6-8-19-15-22-24(26-16-18-11-13-21(29-2)14-12-18)28(20-9-4-3-5-10-20)27-25(22)30-23(17)19/h3-14,16H,15H2,1-2H3/b26-16+. The zero-order chi connectivity index (χ0) is 20.5. The first-order valence-corrected chi connectivity index (χ1v) is 9.85. The number of benzene rings is 3. The molecule has 0 bridgehead atoms. The van der Waals surface area contributed by atoms with Gasteiger partial charge in [0, 0.05) is 12.6 Å². The predicted octanol–water partition coefficient (Wildman–Crippen LogP) is 5.64. The van der Waals surface area contributed by atoms with Crippen molar-refractivity contribution in [1.82, 2.24) is 9.78 Å². The highest BCUT2D eigenvalue weighted by Gasteiger charge is 2.27. The van der Waals surface area contributed by atoms with Crippen LogP contribution >= 0.6 is 0 Å². The van der Waals surface area contributed by atoms with Crippen LogP contribution in [0.2, 0.25) is 0 Å². The lowest BCUT2D eigenvalue weighted by atomic mass is 10.0. The molecule has 3 aromatic carbocycles. The number of methoxy groups -OCH3 is 1. The molecule has 1 aromatic heterocycles. The molecule has 4 aromatic rings. The lowest BCUT2D eigenvalue weighted by Gasteiger charge is -2.17. The highest BCUT2D eigenvalue weighted by Crippen LogP contribution is 2.42. The summed E-state index contributed by atoms with van der Waals surface area (Å²) in [6.07, 6.45) is 2.58. The quantitative estimate of drug-likeness (QED) is 0.370. The van der Waals surface area contributed by atoms with Crippen molar-refractivity contribution in [2.45, 2.75) is 13.3 Å². The maximum Gasteiger partial charge on any atom is 0.244 e. The zero-order valence-corrected chi connectivity index (χ0v) is 16.9. The highest BCUT2D eigenvalue weighted by molar-refractivity contribution is 5.82. The summed E-state index contributed by atoms with van der Waals surface area (Å²) in [7, 11) is 1.66. The van der Waals surface area contributed by atoms with Crippen LogP contribution in [0.5, 0.6) is 17.4 Å². The van der Waals surface area contributed by atoms with E-state index in [0.29, 0.717) is 5.88 Å². The minimum atomic E-state index is 0.613. The normalized spacial score (nSPS) is 12.3. The fourth-order valence-electron chi connectivity index (χ4n) is 3.65. The van der Waals surface area contributed by atoms with E-state index in [2.05, 4.69) is 25.1 Å². The van der Waals surface area contributed by atoms with Gasteiger partial charge in [-0.25, -0.2) is 9.67 Å². The molecule has 0 radical (unpaired) electrons. The maximum atomic E-state index is 6.21. The van der Waals surface area contributed by atoms with Gasteiger partial charge in [0.05, 0.1) is 18.4 Å². The Balaban J connectivity index is 1.60. The van der Waals surface area contributed by atoms with Crippen LogP contribution in [-0.2, 0) is 6.42 Å². The Bertz CT molecular complexity index is 1230. The smallest absolute Gasteiger partial charge is 0.244 e. The molecule has 2 heterocycles. The van der Waals surface area contributed by atoms with Gasteiger partial charge in [-0.3, -0.25) is 0 Å². The molecule has 0 amide bonds. The van der Waals surface area contributed by atoms with E-state index < -0.39 is 0 Å². The van der Waals surface area contributed by atoms with Crippen LogP contribution in [0, 0.1) is 6.92 Å². The van der Waals surface area contributed by atoms with E-state index >= 15 is 0 Å². The van der Waals surface area contributed by atoms with Gasteiger partial charge in [0.25, 0.3) is 0 Å². The third-order valence-corrected chi connectivity index (χ3v) is 5.23. The molecule has 1 aliphatic heterocycles. The number of para-hydroxylation sites is 2. The molecule has 1 aliphatic rings. The molecule has 0 N–H and O–H groups in total. The van der Waals surface area contributed by atoms with Crippen molar-refractivity contribution >= 4 is 12.0 Å². The second-order valence-electron chi connectivity index (χ2n) is 7.23. The molecular weight excluding hydrogens is 374 g/mol. The molecule has 0 atom stereocenters. The SMILES string of the molecule is COc1ccc(/C=N/c2c3c(nn2-c2ccccc2)Oc2c(C)cccc2C3)cc1. The van der Waals surface area contributed by atoms with E-state index in [1.165, 1.54) is 0 Å². The van der Waals surface area contributed by atoms with Crippen LogP contribution in [0.4, 0.5) is 5.82 Å². The fourth-order valence-corrected chi connectivity index (χ4v) is 3.65. The minimum absolute atomic E-state index is 0.613. The van der Waals surface area contributed by atoms with Crippen LogP contribution in [0.3, 0.4) is 0 Å². The van der Waals surface area contributed by atoms with Gasteiger partial charge >= 0.3 is 0 Å². The van der Waals surface area contributed by atoms with Crippen LogP contribution < -0.4 is 9.47 Å². The lowest BCUT2D eigenvalue weighted by Crippen LogP contribution is -2.03. The Hall–Kier alpha value is -3.86. The van der Waals surface area contributed by atoms with Crippen LogP contribution in [0.25, 0.3) is 5.69 Å². The molecule has 0 fully saturated rings. The lowest BCUT2D eigenvalue weighted by molar-refractivity contribution is 0.415. The first-order chi connectivity index (χ1) is 14.7. The summed E-state index contributed by atoms with van der Waals surface area (Å²) in [5.74, 6) is 3.11. The predicted molar refractivity (Wildman–Crippen MR) is 118 cm³/mol. The summed E-state index contributed by atoms with van der Waals surface area (Å²) in [6, 6.07) is 24.0. The Kier molecular flexibility index (Phi) is 4.56. The molecule has 148 valence electrons. The number of nitrogens with zero attached hydrogens (tertiary/aromatic N) is 3. The number of hydrogen-bond donors (Lipinski definition) is 0. The average molecular weight is 395 g/mol. The monoisotopic (exact) mass is 395 g/mol. The second-order valence-corrected chi connectivity index (χ2v) is 7.23. The van der Waals surface area contributed by atoms with E-state index in [-0.39, 0.29) is 0 Å². The largest absolute Gasteiger partial charge is 0.497 e. The number of aryl methyl sites for hydroxylation is 1. The third kappa shape index (κ3) is 3.24. The maximum absolute atomic E-state index is 6.21. The van der Waals surface area contributed by atoms with E-state index in [9.17, 15) is 0 Å². The molecule has 0 spiro atoms. The number of hydrogen-bond acceptors (Lipinski definition) is 4. The summed E-state index contributed by atoms with van der Waals surface area (Å²) in [5, 5.41) is 4.76. The number of rotatable bonds is 4.